The number of hydrogen-bond donors (Lipinski definition) is 1. The molecular weight excluding hydrogens is 200 g/mol. The van der Waals surface area contributed by atoms with Gasteiger partial charge in [0, 0.05) is 24.5 Å². The highest BCUT2D eigenvalue weighted by Crippen LogP contribution is 2.26. The Morgan fingerprint density at radius 1 is 1.44 bits per heavy atom. The minimum absolute atomic E-state index is 0.0443. The number of carbonyl (C=O) groups is 1. The molecule has 3 nitrogen and oxygen atoms in total. The van der Waals surface area contributed by atoms with Gasteiger partial charge in [0.2, 0.25) is 5.91 Å². The summed E-state index contributed by atoms with van der Waals surface area (Å²) in [6.07, 6.45) is 5.90. The van der Waals surface area contributed by atoms with Gasteiger partial charge >= 0.3 is 0 Å². The predicted octanol–water partition coefficient (Wildman–Crippen LogP) is 2.29. The van der Waals surface area contributed by atoms with Crippen LogP contribution in [0.3, 0.4) is 0 Å². The Hall–Kier alpha value is -0.570. The second-order valence-corrected chi connectivity index (χ2v) is 5.04. The average molecular weight is 226 g/mol. The maximum Gasteiger partial charge on any atom is 0.224 e. The van der Waals surface area contributed by atoms with E-state index in [1.807, 2.05) is 0 Å². The number of nitrogens with two attached hydrogens (primary N) is 1. The molecule has 0 saturated carbocycles. The Morgan fingerprint density at radius 2 is 2.12 bits per heavy atom. The molecule has 1 fully saturated rings. The Balaban J connectivity index is 2.51. The van der Waals surface area contributed by atoms with Crippen molar-refractivity contribution in [3.63, 3.8) is 0 Å². The Labute approximate surface area is 99.4 Å². The molecule has 1 saturated heterocycles. The van der Waals surface area contributed by atoms with E-state index in [1.54, 1.807) is 0 Å². The Kier molecular flexibility index (Phi) is 5.26. The lowest BCUT2D eigenvalue weighted by Crippen LogP contribution is -2.42. The van der Waals surface area contributed by atoms with Crippen molar-refractivity contribution < 1.29 is 4.79 Å². The monoisotopic (exact) mass is 226 g/mol. The van der Waals surface area contributed by atoms with Crippen LogP contribution in [-0.4, -0.2) is 28.9 Å². The summed E-state index contributed by atoms with van der Waals surface area (Å²) in [5, 5.41) is 0. The fourth-order valence-electron chi connectivity index (χ4n) is 2.72. The van der Waals surface area contributed by atoms with Gasteiger partial charge in [0.25, 0.3) is 0 Å². The lowest BCUT2D eigenvalue weighted by molar-refractivity contribution is -0.134. The maximum absolute atomic E-state index is 12.2. The van der Waals surface area contributed by atoms with Crippen LogP contribution in [0.1, 0.15) is 59.3 Å². The van der Waals surface area contributed by atoms with E-state index < -0.39 is 0 Å². The standard InChI is InChI=1S/C13H26N2O/c1-4-6-11(14)9-13(16)15-10(3)7-8-12(15)5-2/h10-12H,4-9,14H2,1-3H3. The fourth-order valence-corrected chi connectivity index (χ4v) is 2.72. The van der Waals surface area contributed by atoms with Crippen molar-refractivity contribution in [2.45, 2.75) is 77.4 Å². The van der Waals surface area contributed by atoms with Crippen LogP contribution in [0.4, 0.5) is 0 Å². The molecule has 1 heterocycles. The van der Waals surface area contributed by atoms with Crippen molar-refractivity contribution in [2.75, 3.05) is 0 Å². The van der Waals surface area contributed by atoms with Gasteiger partial charge in [-0.3, -0.25) is 4.79 Å². The molecule has 0 aromatic rings. The SMILES string of the molecule is CCCC(N)CC(=O)N1C(C)CCC1CC. The van der Waals surface area contributed by atoms with E-state index in [4.69, 9.17) is 5.73 Å². The van der Waals surface area contributed by atoms with E-state index in [0.29, 0.717) is 18.5 Å². The fraction of sp³-hybridized carbons (Fsp3) is 0.923. The maximum atomic E-state index is 12.2. The third kappa shape index (κ3) is 3.21. The third-order valence-electron chi connectivity index (χ3n) is 3.64. The lowest BCUT2D eigenvalue weighted by atomic mass is 10.1. The summed E-state index contributed by atoms with van der Waals surface area (Å²) in [6, 6.07) is 0.908. The molecular formula is C13H26N2O. The number of hydrogen-bond acceptors (Lipinski definition) is 2. The summed E-state index contributed by atoms with van der Waals surface area (Å²) in [7, 11) is 0. The van der Waals surface area contributed by atoms with Crippen LogP contribution in [0.5, 0.6) is 0 Å². The second-order valence-electron chi connectivity index (χ2n) is 5.04. The number of nitrogens with zero attached hydrogens (tertiary/aromatic N) is 1. The van der Waals surface area contributed by atoms with Gasteiger partial charge in [0.05, 0.1) is 0 Å². The summed E-state index contributed by atoms with van der Waals surface area (Å²) >= 11 is 0. The number of likely N-dealkylation sites (tertiary alicyclic amines) is 1. The lowest BCUT2D eigenvalue weighted by Gasteiger charge is -2.29. The molecule has 3 unspecified atom stereocenters. The van der Waals surface area contributed by atoms with Gasteiger partial charge in [-0.15, -0.1) is 0 Å². The highest BCUT2D eigenvalue weighted by atomic mass is 16.2. The molecule has 0 spiro atoms. The molecule has 0 bridgehead atoms. The summed E-state index contributed by atoms with van der Waals surface area (Å²) < 4.78 is 0. The van der Waals surface area contributed by atoms with Crippen LogP contribution in [0.25, 0.3) is 0 Å². The van der Waals surface area contributed by atoms with Crippen LogP contribution >= 0.6 is 0 Å². The van der Waals surface area contributed by atoms with Gasteiger partial charge in [-0.05, 0) is 32.6 Å². The van der Waals surface area contributed by atoms with Gasteiger partial charge in [0.15, 0.2) is 0 Å². The van der Waals surface area contributed by atoms with Crippen molar-refractivity contribution in [2.24, 2.45) is 5.73 Å². The topological polar surface area (TPSA) is 46.3 Å². The predicted molar refractivity (Wildman–Crippen MR) is 67.1 cm³/mol. The summed E-state index contributed by atoms with van der Waals surface area (Å²) in [5.74, 6) is 0.262. The van der Waals surface area contributed by atoms with E-state index in [-0.39, 0.29) is 11.9 Å². The number of carbonyl (C=O) groups excluding carboxylic acids is 1. The van der Waals surface area contributed by atoms with Crippen LogP contribution in [0, 0.1) is 0 Å². The van der Waals surface area contributed by atoms with Gasteiger partial charge in [-0.2, -0.15) is 0 Å². The van der Waals surface area contributed by atoms with Crippen molar-refractivity contribution in [1.29, 1.82) is 0 Å². The zero-order valence-electron chi connectivity index (χ0n) is 10.9. The van der Waals surface area contributed by atoms with E-state index in [2.05, 4.69) is 25.7 Å². The minimum Gasteiger partial charge on any atom is -0.337 e. The first-order valence-corrected chi connectivity index (χ1v) is 6.66. The minimum atomic E-state index is 0.0443. The molecule has 94 valence electrons. The van der Waals surface area contributed by atoms with E-state index in [1.165, 1.54) is 0 Å². The van der Waals surface area contributed by atoms with Crippen molar-refractivity contribution in [3.05, 3.63) is 0 Å². The van der Waals surface area contributed by atoms with Gasteiger partial charge in [-0.25, -0.2) is 0 Å². The molecule has 1 rings (SSSR count). The first-order valence-electron chi connectivity index (χ1n) is 6.66. The molecule has 3 atom stereocenters. The van der Waals surface area contributed by atoms with E-state index in [0.717, 1.165) is 32.1 Å². The summed E-state index contributed by atoms with van der Waals surface area (Å²) in [4.78, 5) is 14.2. The van der Waals surface area contributed by atoms with Crippen LogP contribution in [0.15, 0.2) is 0 Å². The number of amides is 1. The highest BCUT2D eigenvalue weighted by molar-refractivity contribution is 5.77. The second kappa shape index (κ2) is 6.24. The number of rotatable bonds is 5. The van der Waals surface area contributed by atoms with E-state index >= 15 is 0 Å². The molecule has 3 heteroatoms. The van der Waals surface area contributed by atoms with Crippen molar-refractivity contribution in [3.8, 4) is 0 Å². The van der Waals surface area contributed by atoms with Crippen molar-refractivity contribution >= 4 is 5.91 Å². The first-order chi connectivity index (χ1) is 7.60. The smallest absolute Gasteiger partial charge is 0.224 e. The Morgan fingerprint density at radius 3 is 2.69 bits per heavy atom. The summed E-state index contributed by atoms with van der Waals surface area (Å²) in [6.45, 7) is 6.42. The normalized spacial score (nSPS) is 27.1. The summed E-state index contributed by atoms with van der Waals surface area (Å²) in [5.41, 5.74) is 5.94. The molecule has 1 aliphatic rings. The molecule has 0 radical (unpaired) electrons. The molecule has 16 heavy (non-hydrogen) atoms. The Bertz CT molecular complexity index is 230. The highest BCUT2D eigenvalue weighted by Gasteiger charge is 2.33. The van der Waals surface area contributed by atoms with Crippen molar-refractivity contribution in [1.82, 2.24) is 4.90 Å². The molecule has 0 aliphatic carbocycles. The molecule has 1 amide bonds. The zero-order valence-corrected chi connectivity index (χ0v) is 10.9. The molecule has 1 aliphatic heterocycles. The molecule has 2 N–H and O–H groups in total. The first kappa shape index (κ1) is 13.5. The molecule has 0 aromatic heterocycles. The average Bonchev–Trinajstić information content (AvgIpc) is 2.59. The zero-order chi connectivity index (χ0) is 12.1. The van der Waals surface area contributed by atoms with Crippen LogP contribution in [0.2, 0.25) is 0 Å². The van der Waals surface area contributed by atoms with Gasteiger partial charge in [0.1, 0.15) is 0 Å². The van der Waals surface area contributed by atoms with Crippen LogP contribution < -0.4 is 5.73 Å². The third-order valence-corrected chi connectivity index (χ3v) is 3.64. The molecule has 0 aromatic carbocycles. The van der Waals surface area contributed by atoms with Crippen LogP contribution in [-0.2, 0) is 4.79 Å². The largest absolute Gasteiger partial charge is 0.337 e. The van der Waals surface area contributed by atoms with Gasteiger partial charge < -0.3 is 10.6 Å². The quantitative estimate of drug-likeness (QED) is 0.782. The van der Waals surface area contributed by atoms with Gasteiger partial charge in [-0.1, -0.05) is 20.3 Å². The van der Waals surface area contributed by atoms with E-state index in [9.17, 15) is 4.79 Å².